The summed E-state index contributed by atoms with van der Waals surface area (Å²) in [5.74, 6) is 0.282. The minimum absolute atomic E-state index is 0.0148. The van der Waals surface area contributed by atoms with Gasteiger partial charge in [-0.25, -0.2) is 0 Å². The van der Waals surface area contributed by atoms with Crippen molar-refractivity contribution in [3.63, 3.8) is 0 Å². The van der Waals surface area contributed by atoms with Gasteiger partial charge < -0.3 is 14.9 Å². The quantitative estimate of drug-likeness (QED) is 0.797. The highest BCUT2D eigenvalue weighted by molar-refractivity contribution is 7.11. The molecule has 0 bridgehead atoms. The second-order valence-electron chi connectivity index (χ2n) is 2.69. The molecule has 0 saturated carbocycles. The van der Waals surface area contributed by atoms with Crippen LogP contribution in [-0.4, -0.2) is 10.2 Å². The molecule has 2 N–H and O–H groups in total. The van der Waals surface area contributed by atoms with Crippen LogP contribution in [0.2, 0.25) is 0 Å². The van der Waals surface area contributed by atoms with Gasteiger partial charge in [-0.05, 0) is 29.6 Å². The number of aromatic hydroxyl groups is 2. The molecule has 0 aliphatic carbocycles. The standard InChI is InChI=1S/C10H8O3S/c11-7-3-4-9(8(12)6-7)13-10-2-1-5-14-10/h1-6,11-12H. The van der Waals surface area contributed by atoms with E-state index in [1.807, 2.05) is 11.4 Å². The van der Waals surface area contributed by atoms with E-state index in [0.717, 1.165) is 0 Å². The third-order valence-corrected chi connectivity index (χ3v) is 2.39. The summed E-state index contributed by atoms with van der Waals surface area (Å²) >= 11 is 1.43. The van der Waals surface area contributed by atoms with E-state index < -0.39 is 0 Å². The molecule has 3 nitrogen and oxygen atoms in total. The maximum Gasteiger partial charge on any atom is 0.181 e. The third kappa shape index (κ3) is 1.80. The fourth-order valence-corrected chi connectivity index (χ4v) is 1.61. The van der Waals surface area contributed by atoms with Crippen molar-refractivity contribution in [2.75, 3.05) is 0 Å². The smallest absolute Gasteiger partial charge is 0.181 e. The highest BCUT2D eigenvalue weighted by Crippen LogP contribution is 2.34. The van der Waals surface area contributed by atoms with Gasteiger partial charge in [0.15, 0.2) is 16.6 Å². The average molecular weight is 208 g/mol. The lowest BCUT2D eigenvalue weighted by Crippen LogP contribution is -1.80. The molecule has 4 heteroatoms. The first-order chi connectivity index (χ1) is 6.75. The lowest BCUT2D eigenvalue weighted by atomic mass is 10.3. The summed E-state index contributed by atoms with van der Waals surface area (Å²) in [7, 11) is 0. The Hall–Kier alpha value is -1.68. The molecular weight excluding hydrogens is 200 g/mol. The molecular formula is C10H8O3S. The van der Waals surface area contributed by atoms with Crippen molar-refractivity contribution in [3.05, 3.63) is 35.7 Å². The maximum atomic E-state index is 9.41. The highest BCUT2D eigenvalue weighted by Gasteiger charge is 2.04. The first-order valence-corrected chi connectivity index (χ1v) is 4.87. The van der Waals surface area contributed by atoms with Crippen LogP contribution in [-0.2, 0) is 0 Å². The molecule has 1 heterocycles. The molecule has 1 aromatic heterocycles. The summed E-state index contributed by atoms with van der Waals surface area (Å²) in [6, 6.07) is 7.88. The van der Waals surface area contributed by atoms with Crippen LogP contribution in [0.4, 0.5) is 0 Å². The van der Waals surface area contributed by atoms with Gasteiger partial charge in [-0.2, -0.15) is 0 Å². The number of ether oxygens (including phenoxy) is 1. The molecule has 0 spiro atoms. The minimum atomic E-state index is -0.0709. The maximum absolute atomic E-state index is 9.41. The van der Waals surface area contributed by atoms with Crippen molar-refractivity contribution in [1.82, 2.24) is 0 Å². The van der Waals surface area contributed by atoms with Gasteiger partial charge in [-0.3, -0.25) is 0 Å². The minimum Gasteiger partial charge on any atom is -0.508 e. The van der Waals surface area contributed by atoms with Crippen molar-refractivity contribution in [3.8, 4) is 22.3 Å². The largest absolute Gasteiger partial charge is 0.508 e. The average Bonchev–Trinajstić information content (AvgIpc) is 2.62. The molecule has 0 radical (unpaired) electrons. The summed E-state index contributed by atoms with van der Waals surface area (Å²) in [6.07, 6.45) is 0. The Bertz CT molecular complexity index is 423. The number of phenols is 2. The molecule has 0 saturated heterocycles. The van der Waals surface area contributed by atoms with E-state index in [2.05, 4.69) is 0 Å². The van der Waals surface area contributed by atoms with Crippen LogP contribution in [0.3, 0.4) is 0 Å². The molecule has 0 amide bonds. The van der Waals surface area contributed by atoms with Gasteiger partial charge in [0.1, 0.15) is 5.75 Å². The van der Waals surface area contributed by atoms with E-state index in [-0.39, 0.29) is 11.5 Å². The van der Waals surface area contributed by atoms with Gasteiger partial charge >= 0.3 is 0 Å². The summed E-state index contributed by atoms with van der Waals surface area (Å²) in [6.45, 7) is 0. The molecule has 0 unspecified atom stereocenters. The van der Waals surface area contributed by atoms with Crippen LogP contribution in [0.1, 0.15) is 0 Å². The number of benzene rings is 1. The van der Waals surface area contributed by atoms with Gasteiger partial charge in [-0.15, -0.1) is 11.3 Å². The van der Waals surface area contributed by atoms with Crippen LogP contribution in [0, 0.1) is 0 Å². The number of thiophene rings is 1. The van der Waals surface area contributed by atoms with Crippen molar-refractivity contribution in [2.24, 2.45) is 0 Å². The molecule has 0 fully saturated rings. The van der Waals surface area contributed by atoms with Crippen molar-refractivity contribution < 1.29 is 14.9 Å². The van der Waals surface area contributed by atoms with Gasteiger partial charge in [0.2, 0.25) is 0 Å². The normalized spacial score (nSPS) is 10.0. The summed E-state index contributed by atoms with van der Waals surface area (Å²) in [4.78, 5) is 0. The predicted molar refractivity (Wildman–Crippen MR) is 54.2 cm³/mol. The van der Waals surface area contributed by atoms with Crippen LogP contribution < -0.4 is 4.74 Å². The number of hydrogen-bond acceptors (Lipinski definition) is 4. The second-order valence-corrected chi connectivity index (χ2v) is 3.60. The zero-order chi connectivity index (χ0) is 9.97. The van der Waals surface area contributed by atoms with Crippen LogP contribution >= 0.6 is 11.3 Å². The van der Waals surface area contributed by atoms with E-state index in [1.54, 1.807) is 6.07 Å². The third-order valence-electron chi connectivity index (χ3n) is 1.65. The van der Waals surface area contributed by atoms with E-state index in [9.17, 15) is 5.11 Å². The topological polar surface area (TPSA) is 49.7 Å². The summed E-state index contributed by atoms with van der Waals surface area (Å²) < 4.78 is 5.36. The lowest BCUT2D eigenvalue weighted by molar-refractivity contribution is 0.408. The Kier molecular flexibility index (Phi) is 2.28. The first kappa shape index (κ1) is 8.90. The van der Waals surface area contributed by atoms with E-state index in [0.29, 0.717) is 10.8 Å². The van der Waals surface area contributed by atoms with Crippen molar-refractivity contribution >= 4 is 11.3 Å². The fraction of sp³-hybridized carbons (Fsp3) is 0. The predicted octanol–water partition coefficient (Wildman–Crippen LogP) is 2.95. The van der Waals surface area contributed by atoms with Gasteiger partial charge in [-0.1, -0.05) is 0 Å². The Balaban J connectivity index is 2.25. The molecule has 0 aliphatic rings. The van der Waals surface area contributed by atoms with Crippen LogP contribution in [0.5, 0.6) is 22.3 Å². The zero-order valence-corrected chi connectivity index (χ0v) is 7.99. The first-order valence-electron chi connectivity index (χ1n) is 3.99. The van der Waals surface area contributed by atoms with E-state index >= 15 is 0 Å². The molecule has 2 rings (SSSR count). The van der Waals surface area contributed by atoms with E-state index in [1.165, 1.54) is 29.5 Å². The van der Waals surface area contributed by atoms with Gasteiger partial charge in [0.05, 0.1) is 0 Å². The number of phenolic OH excluding ortho intramolecular Hbond substituents is 2. The molecule has 1 aromatic carbocycles. The summed E-state index contributed by atoms with van der Waals surface area (Å²) in [5, 5.41) is 21.0. The van der Waals surface area contributed by atoms with Crippen molar-refractivity contribution in [1.29, 1.82) is 0 Å². The Labute approximate surface area is 84.8 Å². The molecule has 14 heavy (non-hydrogen) atoms. The molecule has 72 valence electrons. The fourth-order valence-electron chi connectivity index (χ4n) is 1.02. The lowest BCUT2D eigenvalue weighted by Gasteiger charge is -2.04. The Morgan fingerprint density at radius 2 is 2.00 bits per heavy atom. The second kappa shape index (κ2) is 3.59. The van der Waals surface area contributed by atoms with Gasteiger partial charge in [0.25, 0.3) is 0 Å². The molecule has 2 aromatic rings. The highest BCUT2D eigenvalue weighted by atomic mass is 32.1. The molecule has 0 atom stereocenters. The Morgan fingerprint density at radius 3 is 2.64 bits per heavy atom. The van der Waals surface area contributed by atoms with Gasteiger partial charge in [0, 0.05) is 6.07 Å². The van der Waals surface area contributed by atoms with E-state index in [4.69, 9.17) is 9.84 Å². The monoisotopic (exact) mass is 208 g/mol. The summed E-state index contributed by atoms with van der Waals surface area (Å²) in [5.41, 5.74) is 0. The van der Waals surface area contributed by atoms with Crippen molar-refractivity contribution in [2.45, 2.75) is 0 Å². The molecule has 0 aliphatic heterocycles. The van der Waals surface area contributed by atoms with Crippen LogP contribution in [0.25, 0.3) is 0 Å². The number of rotatable bonds is 2. The zero-order valence-electron chi connectivity index (χ0n) is 7.18. The van der Waals surface area contributed by atoms with Crippen LogP contribution in [0.15, 0.2) is 35.7 Å². The Morgan fingerprint density at radius 1 is 1.14 bits per heavy atom. The SMILES string of the molecule is Oc1ccc(Oc2cccs2)c(O)c1. The number of hydrogen-bond donors (Lipinski definition) is 2.